The number of aliphatic hydroxyl groups excluding tert-OH is 1. The first kappa shape index (κ1) is 15.2. The van der Waals surface area contributed by atoms with Gasteiger partial charge in [-0.2, -0.15) is 5.26 Å². The van der Waals surface area contributed by atoms with Crippen molar-refractivity contribution in [3.8, 4) is 17.6 Å². The van der Waals surface area contributed by atoms with Crippen molar-refractivity contribution in [3.63, 3.8) is 0 Å². The SMILES string of the molecule is COc1cc(Cl)cc(CO)c1OCc1ccc(C#N)cc1. The average Bonchev–Trinajstić information content (AvgIpc) is 2.53. The van der Waals surface area contributed by atoms with Gasteiger partial charge in [-0.1, -0.05) is 23.7 Å². The van der Waals surface area contributed by atoms with E-state index in [1.165, 1.54) is 7.11 Å². The van der Waals surface area contributed by atoms with Crippen LogP contribution in [0.1, 0.15) is 16.7 Å². The van der Waals surface area contributed by atoms with E-state index >= 15 is 0 Å². The Hall–Kier alpha value is -2.22. The molecule has 2 aromatic rings. The molecule has 0 fully saturated rings. The highest BCUT2D eigenvalue weighted by Gasteiger charge is 2.12. The third kappa shape index (κ3) is 3.66. The van der Waals surface area contributed by atoms with Crippen molar-refractivity contribution in [2.24, 2.45) is 0 Å². The Labute approximate surface area is 128 Å². The lowest BCUT2D eigenvalue weighted by Gasteiger charge is -2.14. The minimum Gasteiger partial charge on any atom is -0.493 e. The second kappa shape index (κ2) is 6.98. The van der Waals surface area contributed by atoms with Crippen molar-refractivity contribution in [1.82, 2.24) is 0 Å². The standard InChI is InChI=1S/C16H14ClNO3/c1-20-15-7-14(17)6-13(9-19)16(15)21-10-12-4-2-11(8-18)3-5-12/h2-7,19H,9-10H2,1H3. The van der Waals surface area contributed by atoms with Crippen LogP contribution in [0.4, 0.5) is 0 Å². The summed E-state index contributed by atoms with van der Waals surface area (Å²) >= 11 is 5.95. The second-order valence-electron chi connectivity index (χ2n) is 4.35. The highest BCUT2D eigenvalue weighted by molar-refractivity contribution is 6.30. The molecule has 0 radical (unpaired) electrons. The molecule has 0 spiro atoms. The number of hydrogen-bond acceptors (Lipinski definition) is 4. The molecule has 0 amide bonds. The van der Waals surface area contributed by atoms with Gasteiger partial charge < -0.3 is 14.6 Å². The van der Waals surface area contributed by atoms with Crippen LogP contribution >= 0.6 is 11.6 Å². The number of methoxy groups -OCH3 is 1. The van der Waals surface area contributed by atoms with E-state index < -0.39 is 0 Å². The van der Waals surface area contributed by atoms with E-state index in [1.54, 1.807) is 24.3 Å². The Morgan fingerprint density at radius 1 is 1.24 bits per heavy atom. The monoisotopic (exact) mass is 303 g/mol. The van der Waals surface area contributed by atoms with Gasteiger partial charge in [0.05, 0.1) is 25.3 Å². The van der Waals surface area contributed by atoms with Gasteiger partial charge in [-0.25, -0.2) is 0 Å². The summed E-state index contributed by atoms with van der Waals surface area (Å²) in [6, 6.07) is 12.4. The van der Waals surface area contributed by atoms with E-state index in [9.17, 15) is 5.11 Å². The van der Waals surface area contributed by atoms with Crippen LogP contribution in [-0.4, -0.2) is 12.2 Å². The Kier molecular flexibility index (Phi) is 5.04. The van der Waals surface area contributed by atoms with E-state index in [4.69, 9.17) is 26.3 Å². The summed E-state index contributed by atoms with van der Waals surface area (Å²) in [7, 11) is 1.52. The van der Waals surface area contributed by atoms with Crippen molar-refractivity contribution in [3.05, 3.63) is 58.1 Å². The van der Waals surface area contributed by atoms with E-state index in [-0.39, 0.29) is 6.61 Å². The van der Waals surface area contributed by atoms with Gasteiger partial charge >= 0.3 is 0 Å². The molecule has 2 aromatic carbocycles. The van der Waals surface area contributed by atoms with E-state index in [0.29, 0.717) is 34.3 Å². The summed E-state index contributed by atoms with van der Waals surface area (Å²) in [5.74, 6) is 0.939. The Morgan fingerprint density at radius 2 is 1.95 bits per heavy atom. The largest absolute Gasteiger partial charge is 0.493 e. The molecule has 0 aromatic heterocycles. The topological polar surface area (TPSA) is 62.5 Å². The molecule has 0 heterocycles. The highest BCUT2D eigenvalue weighted by atomic mass is 35.5. The number of hydrogen-bond donors (Lipinski definition) is 1. The van der Waals surface area contributed by atoms with Crippen LogP contribution in [-0.2, 0) is 13.2 Å². The van der Waals surface area contributed by atoms with Crippen LogP contribution in [0.25, 0.3) is 0 Å². The van der Waals surface area contributed by atoms with Gasteiger partial charge in [-0.15, -0.1) is 0 Å². The van der Waals surface area contributed by atoms with E-state index in [1.807, 2.05) is 12.1 Å². The number of ether oxygens (including phenoxy) is 2. The quantitative estimate of drug-likeness (QED) is 0.920. The fourth-order valence-corrected chi connectivity index (χ4v) is 2.12. The lowest BCUT2D eigenvalue weighted by atomic mass is 10.1. The van der Waals surface area contributed by atoms with Crippen LogP contribution in [0.15, 0.2) is 36.4 Å². The third-order valence-electron chi connectivity index (χ3n) is 2.95. The number of benzene rings is 2. The Morgan fingerprint density at radius 3 is 2.52 bits per heavy atom. The maximum Gasteiger partial charge on any atom is 0.167 e. The summed E-state index contributed by atoms with van der Waals surface area (Å²) in [5.41, 5.74) is 2.07. The van der Waals surface area contributed by atoms with Crippen LogP contribution in [0, 0.1) is 11.3 Å². The second-order valence-corrected chi connectivity index (χ2v) is 4.79. The molecular formula is C16H14ClNO3. The highest BCUT2D eigenvalue weighted by Crippen LogP contribution is 2.35. The molecule has 0 aliphatic heterocycles. The summed E-state index contributed by atoms with van der Waals surface area (Å²) in [6.07, 6.45) is 0. The zero-order valence-electron chi connectivity index (χ0n) is 11.5. The lowest BCUT2D eigenvalue weighted by Crippen LogP contribution is -2.01. The van der Waals surface area contributed by atoms with Gasteiger partial charge in [0.15, 0.2) is 11.5 Å². The zero-order chi connectivity index (χ0) is 15.2. The molecule has 4 nitrogen and oxygen atoms in total. The number of nitrogens with zero attached hydrogens (tertiary/aromatic N) is 1. The van der Waals surface area contributed by atoms with Crippen LogP contribution in [0.5, 0.6) is 11.5 Å². The first-order valence-corrected chi connectivity index (χ1v) is 6.65. The van der Waals surface area contributed by atoms with E-state index in [2.05, 4.69) is 6.07 Å². The van der Waals surface area contributed by atoms with Gasteiger partial charge in [0.2, 0.25) is 0 Å². The van der Waals surface area contributed by atoms with Gasteiger partial charge in [0, 0.05) is 16.7 Å². The zero-order valence-corrected chi connectivity index (χ0v) is 12.2. The molecule has 2 rings (SSSR count). The van der Waals surface area contributed by atoms with Crippen LogP contribution in [0.2, 0.25) is 5.02 Å². The van der Waals surface area contributed by atoms with Crippen LogP contribution < -0.4 is 9.47 Å². The number of nitriles is 1. The molecule has 108 valence electrons. The third-order valence-corrected chi connectivity index (χ3v) is 3.17. The van der Waals surface area contributed by atoms with Gasteiger partial charge in [-0.05, 0) is 23.8 Å². The minimum atomic E-state index is -0.195. The van der Waals surface area contributed by atoms with Crippen molar-refractivity contribution in [1.29, 1.82) is 5.26 Å². The minimum absolute atomic E-state index is 0.195. The summed E-state index contributed by atoms with van der Waals surface area (Å²) in [4.78, 5) is 0. The molecule has 5 heteroatoms. The van der Waals surface area contributed by atoms with Gasteiger partial charge in [0.25, 0.3) is 0 Å². The predicted molar refractivity (Wildman–Crippen MR) is 79.4 cm³/mol. The summed E-state index contributed by atoms with van der Waals surface area (Å²) < 4.78 is 11.0. The molecular weight excluding hydrogens is 290 g/mol. The maximum atomic E-state index is 9.40. The molecule has 0 saturated heterocycles. The fraction of sp³-hybridized carbons (Fsp3) is 0.188. The van der Waals surface area contributed by atoms with Gasteiger partial charge in [-0.3, -0.25) is 0 Å². The summed E-state index contributed by atoms with van der Waals surface area (Å²) in [5, 5.41) is 18.6. The van der Waals surface area contributed by atoms with Crippen LogP contribution in [0.3, 0.4) is 0 Å². The lowest BCUT2D eigenvalue weighted by molar-refractivity contribution is 0.250. The van der Waals surface area contributed by atoms with Crippen molar-refractivity contribution in [2.75, 3.05) is 7.11 Å². The number of halogens is 1. The first-order chi connectivity index (χ1) is 10.2. The van der Waals surface area contributed by atoms with Crippen molar-refractivity contribution >= 4 is 11.6 Å². The van der Waals surface area contributed by atoms with E-state index in [0.717, 1.165) is 5.56 Å². The first-order valence-electron chi connectivity index (χ1n) is 6.27. The maximum absolute atomic E-state index is 9.40. The average molecular weight is 304 g/mol. The fourth-order valence-electron chi connectivity index (χ4n) is 1.89. The normalized spacial score (nSPS) is 10.0. The number of aliphatic hydroxyl groups is 1. The van der Waals surface area contributed by atoms with Crippen molar-refractivity contribution < 1.29 is 14.6 Å². The van der Waals surface area contributed by atoms with Gasteiger partial charge in [0.1, 0.15) is 6.61 Å². The molecule has 0 bridgehead atoms. The Bertz CT molecular complexity index is 637. The molecule has 1 N–H and O–H groups in total. The molecule has 0 aliphatic rings. The molecule has 0 unspecified atom stereocenters. The predicted octanol–water partition coefficient (Wildman–Crippen LogP) is 3.29. The molecule has 0 saturated carbocycles. The Balaban J connectivity index is 2.20. The smallest absolute Gasteiger partial charge is 0.167 e. The molecule has 21 heavy (non-hydrogen) atoms. The summed E-state index contributed by atoms with van der Waals surface area (Å²) in [6.45, 7) is 0.107. The van der Waals surface area contributed by atoms with Crippen molar-refractivity contribution in [2.45, 2.75) is 13.2 Å². The molecule has 0 atom stereocenters. The number of rotatable bonds is 5. The molecule has 0 aliphatic carbocycles.